The van der Waals surface area contributed by atoms with Crippen molar-refractivity contribution in [3.8, 4) is 0 Å². The molecular formula is C10H19NO3. The summed E-state index contributed by atoms with van der Waals surface area (Å²) in [7, 11) is 0. The Bertz CT molecular complexity index is 204. The molecule has 1 unspecified atom stereocenters. The molecule has 1 saturated heterocycles. The van der Waals surface area contributed by atoms with Crippen LogP contribution in [-0.2, 0) is 14.3 Å². The Kier molecular flexibility index (Phi) is 3.89. The molecule has 82 valence electrons. The minimum absolute atomic E-state index is 0.0591. The van der Waals surface area contributed by atoms with Crippen LogP contribution in [0.1, 0.15) is 20.8 Å². The van der Waals surface area contributed by atoms with Gasteiger partial charge in [0.25, 0.3) is 0 Å². The molecule has 0 aromatic rings. The summed E-state index contributed by atoms with van der Waals surface area (Å²) in [5.41, 5.74) is 0.104. The molecule has 0 bridgehead atoms. The lowest BCUT2D eigenvalue weighted by molar-refractivity contribution is -0.151. The van der Waals surface area contributed by atoms with E-state index in [4.69, 9.17) is 9.47 Å². The van der Waals surface area contributed by atoms with E-state index in [1.165, 1.54) is 0 Å². The molecular weight excluding hydrogens is 182 g/mol. The van der Waals surface area contributed by atoms with Crippen molar-refractivity contribution in [2.24, 2.45) is 5.41 Å². The Hall–Kier alpha value is -0.610. The number of hydrogen-bond acceptors (Lipinski definition) is 4. The highest BCUT2D eigenvalue weighted by molar-refractivity contribution is 5.70. The third kappa shape index (κ3) is 2.96. The zero-order valence-corrected chi connectivity index (χ0v) is 9.13. The van der Waals surface area contributed by atoms with E-state index in [0.717, 1.165) is 13.1 Å². The van der Waals surface area contributed by atoms with Crippen molar-refractivity contribution in [3.63, 3.8) is 0 Å². The van der Waals surface area contributed by atoms with Crippen molar-refractivity contribution in [2.45, 2.75) is 26.9 Å². The molecule has 0 amide bonds. The van der Waals surface area contributed by atoms with Crippen LogP contribution in [0.15, 0.2) is 0 Å². The van der Waals surface area contributed by atoms with Crippen LogP contribution in [0.2, 0.25) is 0 Å². The maximum Gasteiger partial charge on any atom is 0.332 e. The van der Waals surface area contributed by atoms with E-state index in [9.17, 15) is 4.79 Å². The number of esters is 1. The van der Waals surface area contributed by atoms with Crippen LogP contribution in [-0.4, -0.2) is 38.4 Å². The molecule has 1 aliphatic rings. The molecule has 4 heteroatoms. The molecule has 4 nitrogen and oxygen atoms in total. The number of ether oxygens (including phenoxy) is 2. The number of carbonyl (C=O) groups is 1. The predicted molar refractivity (Wildman–Crippen MR) is 53.0 cm³/mol. The van der Waals surface area contributed by atoms with Gasteiger partial charge in [0.1, 0.15) is 6.61 Å². The molecule has 0 aliphatic carbocycles. The quantitative estimate of drug-likeness (QED) is 0.675. The second-order valence-corrected chi connectivity index (χ2v) is 4.22. The molecule has 1 aliphatic heterocycles. The summed E-state index contributed by atoms with van der Waals surface area (Å²) in [6.45, 7) is 8.26. The highest BCUT2D eigenvalue weighted by Crippen LogP contribution is 2.26. The lowest BCUT2D eigenvalue weighted by Gasteiger charge is -2.25. The molecule has 1 heterocycles. The van der Waals surface area contributed by atoms with Gasteiger partial charge in [0, 0.05) is 18.5 Å². The summed E-state index contributed by atoms with van der Waals surface area (Å²) in [6.07, 6.45) is 0.104. The van der Waals surface area contributed by atoms with Crippen LogP contribution in [0.5, 0.6) is 0 Å². The number of hydrogen-bond donors (Lipinski definition) is 1. The smallest absolute Gasteiger partial charge is 0.332 e. The predicted octanol–water partition coefficient (Wildman–Crippen LogP) is 0.564. The fourth-order valence-corrected chi connectivity index (χ4v) is 1.57. The van der Waals surface area contributed by atoms with Crippen molar-refractivity contribution in [1.29, 1.82) is 0 Å². The first-order valence-electron chi connectivity index (χ1n) is 5.04. The Morgan fingerprint density at radius 3 is 2.79 bits per heavy atom. The van der Waals surface area contributed by atoms with Gasteiger partial charge in [-0.15, -0.1) is 0 Å². The van der Waals surface area contributed by atoms with Gasteiger partial charge in [-0.1, -0.05) is 13.8 Å². The normalized spacial score (nSPS) is 24.9. The lowest BCUT2D eigenvalue weighted by Crippen LogP contribution is -2.32. The van der Waals surface area contributed by atoms with Crippen LogP contribution < -0.4 is 5.32 Å². The van der Waals surface area contributed by atoms with E-state index < -0.39 is 0 Å². The van der Waals surface area contributed by atoms with Crippen molar-refractivity contribution < 1.29 is 14.3 Å². The highest BCUT2D eigenvalue weighted by atomic mass is 16.6. The van der Waals surface area contributed by atoms with Gasteiger partial charge in [0.05, 0.1) is 12.7 Å². The first-order chi connectivity index (χ1) is 6.56. The number of nitrogens with one attached hydrogen (secondary N) is 1. The lowest BCUT2D eigenvalue weighted by atomic mass is 9.90. The van der Waals surface area contributed by atoms with Gasteiger partial charge in [-0.3, -0.25) is 0 Å². The zero-order chi connectivity index (χ0) is 10.6. The topological polar surface area (TPSA) is 47.6 Å². The van der Waals surface area contributed by atoms with Crippen molar-refractivity contribution in [3.05, 3.63) is 0 Å². The van der Waals surface area contributed by atoms with Crippen LogP contribution in [0.4, 0.5) is 0 Å². The molecule has 0 radical (unpaired) electrons. The van der Waals surface area contributed by atoms with Gasteiger partial charge < -0.3 is 14.8 Å². The van der Waals surface area contributed by atoms with Crippen molar-refractivity contribution in [2.75, 3.05) is 26.3 Å². The summed E-state index contributed by atoms with van der Waals surface area (Å²) in [5.74, 6) is -0.282. The highest BCUT2D eigenvalue weighted by Gasteiger charge is 2.35. The number of rotatable bonds is 4. The Morgan fingerprint density at radius 1 is 1.57 bits per heavy atom. The molecule has 0 aromatic carbocycles. The first-order valence-corrected chi connectivity index (χ1v) is 5.04. The zero-order valence-electron chi connectivity index (χ0n) is 9.13. The summed E-state index contributed by atoms with van der Waals surface area (Å²) in [6, 6.07) is 0. The fraction of sp³-hybridized carbons (Fsp3) is 0.900. The Labute approximate surface area is 85.0 Å². The summed E-state index contributed by atoms with van der Waals surface area (Å²) < 4.78 is 10.3. The fourth-order valence-electron chi connectivity index (χ4n) is 1.57. The van der Waals surface area contributed by atoms with Crippen LogP contribution in [0.3, 0.4) is 0 Å². The second-order valence-electron chi connectivity index (χ2n) is 4.22. The first kappa shape index (κ1) is 11.5. The minimum Gasteiger partial charge on any atom is -0.464 e. The molecule has 0 saturated carbocycles. The van der Waals surface area contributed by atoms with Crippen LogP contribution in [0.25, 0.3) is 0 Å². The van der Waals surface area contributed by atoms with E-state index in [-0.39, 0.29) is 24.1 Å². The average Bonchev–Trinajstić information content (AvgIpc) is 2.42. The molecule has 1 N–H and O–H groups in total. The third-order valence-corrected chi connectivity index (χ3v) is 2.49. The van der Waals surface area contributed by atoms with E-state index in [0.29, 0.717) is 6.61 Å². The van der Waals surface area contributed by atoms with E-state index >= 15 is 0 Å². The Morgan fingerprint density at radius 2 is 2.29 bits per heavy atom. The summed E-state index contributed by atoms with van der Waals surface area (Å²) in [4.78, 5) is 11.0. The van der Waals surface area contributed by atoms with Crippen LogP contribution >= 0.6 is 0 Å². The minimum atomic E-state index is -0.282. The average molecular weight is 201 g/mol. The van der Waals surface area contributed by atoms with E-state index in [1.807, 2.05) is 0 Å². The van der Waals surface area contributed by atoms with Gasteiger partial charge in [0.2, 0.25) is 0 Å². The molecule has 1 fully saturated rings. The Balaban J connectivity index is 2.27. The number of carbonyl (C=O) groups excluding carboxylic acids is 1. The maximum atomic E-state index is 11.0. The van der Waals surface area contributed by atoms with Gasteiger partial charge in [-0.2, -0.15) is 0 Å². The van der Waals surface area contributed by atoms with E-state index in [2.05, 4.69) is 19.2 Å². The molecule has 0 aromatic heterocycles. The molecule has 1 atom stereocenters. The summed E-state index contributed by atoms with van der Waals surface area (Å²) >= 11 is 0. The molecule has 0 spiro atoms. The third-order valence-electron chi connectivity index (χ3n) is 2.49. The van der Waals surface area contributed by atoms with Gasteiger partial charge >= 0.3 is 5.97 Å². The maximum absolute atomic E-state index is 11.0. The molecule has 14 heavy (non-hydrogen) atoms. The van der Waals surface area contributed by atoms with Gasteiger partial charge in [-0.05, 0) is 6.92 Å². The van der Waals surface area contributed by atoms with E-state index in [1.54, 1.807) is 6.92 Å². The van der Waals surface area contributed by atoms with Crippen LogP contribution in [0, 0.1) is 5.41 Å². The molecule has 1 rings (SSSR count). The van der Waals surface area contributed by atoms with Crippen molar-refractivity contribution >= 4 is 5.97 Å². The SMILES string of the molecule is CCOC(=O)COC1CNCC1(C)C. The summed E-state index contributed by atoms with van der Waals surface area (Å²) in [5, 5.41) is 3.24. The largest absolute Gasteiger partial charge is 0.464 e. The van der Waals surface area contributed by atoms with Gasteiger partial charge in [-0.25, -0.2) is 4.79 Å². The second kappa shape index (κ2) is 4.75. The van der Waals surface area contributed by atoms with Gasteiger partial charge in [0.15, 0.2) is 0 Å². The monoisotopic (exact) mass is 201 g/mol. The standard InChI is InChI=1S/C10H19NO3/c1-4-13-9(12)6-14-8-5-11-7-10(8,2)3/h8,11H,4-7H2,1-3H3. The van der Waals surface area contributed by atoms with Crippen molar-refractivity contribution in [1.82, 2.24) is 5.32 Å².